The second-order valence-corrected chi connectivity index (χ2v) is 18.7. The Bertz CT molecular complexity index is 4230. The van der Waals surface area contributed by atoms with Gasteiger partial charge in [0.2, 0.25) is 0 Å². The van der Waals surface area contributed by atoms with Crippen LogP contribution in [-0.2, 0) is 5.41 Å². The lowest BCUT2D eigenvalue weighted by molar-refractivity contribution is 0.668. The number of anilines is 3. The van der Waals surface area contributed by atoms with Crippen LogP contribution in [0.2, 0.25) is 0 Å². The van der Waals surface area contributed by atoms with Gasteiger partial charge in [-0.2, -0.15) is 0 Å². The molecule has 0 spiro atoms. The predicted octanol–water partition coefficient (Wildman–Crippen LogP) is 19.0. The van der Waals surface area contributed by atoms with Crippen molar-refractivity contribution in [2.75, 3.05) is 4.90 Å². The van der Waals surface area contributed by atoms with Crippen LogP contribution >= 0.6 is 0 Å². The summed E-state index contributed by atoms with van der Waals surface area (Å²) in [6, 6.07) is 98.7. The summed E-state index contributed by atoms with van der Waals surface area (Å²) in [6.07, 6.45) is 0. The molecule has 0 bridgehead atoms. The number of nitrogens with zero attached hydrogens (tertiary/aromatic N) is 1. The summed E-state index contributed by atoms with van der Waals surface area (Å²) in [5.41, 5.74) is 15.6. The quantitative estimate of drug-likeness (QED) is 0.135. The van der Waals surface area contributed by atoms with Crippen LogP contribution in [0.25, 0.3) is 87.7 Å². The first-order chi connectivity index (χ1) is 35.7. The number of fused-ring (bicyclic) bond motifs is 8. The largest absolute Gasteiger partial charge is 0.456 e. The fraction of sp³-hybridized carbons (Fsp3) is 0.0145. The van der Waals surface area contributed by atoms with E-state index in [0.717, 1.165) is 93.8 Å². The molecule has 338 valence electrons. The van der Waals surface area contributed by atoms with E-state index in [4.69, 9.17) is 8.83 Å². The maximum atomic E-state index is 6.41. The first-order valence-corrected chi connectivity index (χ1v) is 24.6. The van der Waals surface area contributed by atoms with Gasteiger partial charge in [0.1, 0.15) is 22.3 Å². The normalized spacial score (nSPS) is 11.9. The molecule has 0 saturated carbocycles. The zero-order valence-electron chi connectivity index (χ0n) is 39.2. The Morgan fingerprint density at radius 2 is 0.653 bits per heavy atom. The maximum absolute atomic E-state index is 6.41. The van der Waals surface area contributed by atoms with E-state index < -0.39 is 5.41 Å². The van der Waals surface area contributed by atoms with Gasteiger partial charge in [-0.25, -0.2) is 0 Å². The Balaban J connectivity index is 0.947. The highest BCUT2D eigenvalue weighted by atomic mass is 16.3. The van der Waals surface area contributed by atoms with Gasteiger partial charge in [-0.05, 0) is 110 Å². The fourth-order valence-electron chi connectivity index (χ4n) is 11.6. The number of para-hydroxylation sites is 2. The molecule has 0 radical (unpaired) electrons. The van der Waals surface area contributed by atoms with Crippen LogP contribution in [0, 0.1) is 0 Å². The van der Waals surface area contributed by atoms with Gasteiger partial charge in [0.05, 0.1) is 16.8 Å². The molecule has 0 N–H and O–H groups in total. The lowest BCUT2D eigenvalue weighted by Gasteiger charge is -2.37. The van der Waals surface area contributed by atoms with Gasteiger partial charge in [0.15, 0.2) is 0 Å². The minimum Gasteiger partial charge on any atom is -0.456 e. The summed E-state index contributed by atoms with van der Waals surface area (Å²) in [6.45, 7) is 0. The minimum atomic E-state index is -0.533. The van der Waals surface area contributed by atoms with Crippen molar-refractivity contribution < 1.29 is 8.83 Å². The molecule has 72 heavy (non-hydrogen) atoms. The van der Waals surface area contributed by atoms with Gasteiger partial charge < -0.3 is 13.7 Å². The highest BCUT2D eigenvalue weighted by Crippen LogP contribution is 2.49. The van der Waals surface area contributed by atoms with Crippen molar-refractivity contribution in [3.05, 3.63) is 295 Å². The van der Waals surface area contributed by atoms with Crippen LogP contribution in [0.3, 0.4) is 0 Å². The van der Waals surface area contributed by atoms with Crippen LogP contribution < -0.4 is 4.90 Å². The van der Waals surface area contributed by atoms with Crippen molar-refractivity contribution in [1.82, 2.24) is 0 Å². The second-order valence-electron chi connectivity index (χ2n) is 18.7. The van der Waals surface area contributed by atoms with Gasteiger partial charge >= 0.3 is 0 Å². The van der Waals surface area contributed by atoms with Gasteiger partial charge in [-0.3, -0.25) is 0 Å². The third-order valence-corrected chi connectivity index (χ3v) is 14.8. The Morgan fingerprint density at radius 1 is 0.250 bits per heavy atom. The number of benzene rings is 12. The van der Waals surface area contributed by atoms with Crippen LogP contribution in [0.15, 0.2) is 282 Å². The molecule has 3 nitrogen and oxygen atoms in total. The van der Waals surface area contributed by atoms with Crippen LogP contribution in [-0.4, -0.2) is 0 Å². The Kier molecular flexibility index (Phi) is 9.75. The van der Waals surface area contributed by atoms with E-state index >= 15 is 0 Å². The predicted molar refractivity (Wildman–Crippen MR) is 300 cm³/mol. The third kappa shape index (κ3) is 6.59. The van der Waals surface area contributed by atoms with Crippen molar-refractivity contribution in [3.8, 4) is 22.3 Å². The molecule has 0 aliphatic carbocycles. The molecule has 2 aromatic heterocycles. The molecule has 14 aromatic rings. The molecule has 12 aromatic carbocycles. The lowest BCUT2D eigenvalue weighted by atomic mass is 9.65. The van der Waals surface area contributed by atoms with Crippen molar-refractivity contribution in [2.45, 2.75) is 5.41 Å². The number of hydrogen-bond donors (Lipinski definition) is 0. The Hall–Kier alpha value is -9.44. The van der Waals surface area contributed by atoms with Crippen molar-refractivity contribution in [1.29, 1.82) is 0 Å². The molecular formula is C69H45NO2. The molecule has 0 aliphatic rings. The van der Waals surface area contributed by atoms with Gasteiger partial charge in [0, 0.05) is 38.0 Å². The Labute approximate surface area is 417 Å². The zero-order valence-corrected chi connectivity index (χ0v) is 39.2. The first kappa shape index (κ1) is 41.5. The van der Waals surface area contributed by atoms with E-state index in [2.05, 4.69) is 254 Å². The summed E-state index contributed by atoms with van der Waals surface area (Å²) >= 11 is 0. The summed E-state index contributed by atoms with van der Waals surface area (Å²) in [5.74, 6) is 0. The molecule has 2 heterocycles. The fourth-order valence-corrected chi connectivity index (χ4v) is 11.6. The monoisotopic (exact) mass is 919 g/mol. The summed E-state index contributed by atoms with van der Waals surface area (Å²) in [7, 11) is 0. The molecule has 0 unspecified atom stereocenters. The SMILES string of the molecule is c1ccc(C(c2ccccc2)(c2ccccc2)c2ccc(-c3ccc(N(c4ccc5oc6ccccc6c5c4)c4ccc(-c5ccc6c(c5)oc5ccccc56)c5ccccc45)c4ccccc34)cc2)cc1. The van der Waals surface area contributed by atoms with E-state index in [1.807, 2.05) is 24.3 Å². The van der Waals surface area contributed by atoms with Crippen molar-refractivity contribution in [2.24, 2.45) is 0 Å². The summed E-state index contributed by atoms with van der Waals surface area (Å²) in [5, 5.41) is 9.03. The molecular weight excluding hydrogens is 875 g/mol. The molecule has 0 amide bonds. The summed E-state index contributed by atoms with van der Waals surface area (Å²) < 4.78 is 12.8. The van der Waals surface area contributed by atoms with Crippen LogP contribution in [0.1, 0.15) is 22.3 Å². The van der Waals surface area contributed by atoms with Gasteiger partial charge in [0.25, 0.3) is 0 Å². The number of hydrogen-bond acceptors (Lipinski definition) is 3. The van der Waals surface area contributed by atoms with Crippen molar-refractivity contribution >= 4 is 82.5 Å². The van der Waals surface area contributed by atoms with E-state index in [-0.39, 0.29) is 0 Å². The van der Waals surface area contributed by atoms with Gasteiger partial charge in [-0.1, -0.05) is 218 Å². The minimum absolute atomic E-state index is 0.533. The smallest absolute Gasteiger partial charge is 0.136 e. The zero-order chi connectivity index (χ0) is 47.6. The van der Waals surface area contributed by atoms with Crippen LogP contribution in [0.5, 0.6) is 0 Å². The average molecular weight is 920 g/mol. The topological polar surface area (TPSA) is 29.5 Å². The highest BCUT2D eigenvalue weighted by molar-refractivity contribution is 6.14. The maximum Gasteiger partial charge on any atom is 0.136 e. The highest BCUT2D eigenvalue weighted by Gasteiger charge is 2.38. The second kappa shape index (κ2) is 16.9. The molecule has 0 saturated heterocycles. The summed E-state index contributed by atoms with van der Waals surface area (Å²) in [4.78, 5) is 2.44. The van der Waals surface area contributed by atoms with Gasteiger partial charge in [-0.15, -0.1) is 0 Å². The van der Waals surface area contributed by atoms with E-state index in [0.29, 0.717) is 0 Å². The lowest BCUT2D eigenvalue weighted by Crippen LogP contribution is -2.30. The Morgan fingerprint density at radius 3 is 1.21 bits per heavy atom. The number of furan rings is 2. The number of rotatable bonds is 9. The third-order valence-electron chi connectivity index (χ3n) is 14.8. The molecule has 0 fully saturated rings. The first-order valence-electron chi connectivity index (χ1n) is 24.6. The van der Waals surface area contributed by atoms with Crippen molar-refractivity contribution in [3.63, 3.8) is 0 Å². The molecule has 0 atom stereocenters. The van der Waals surface area contributed by atoms with E-state index in [1.165, 1.54) is 33.2 Å². The van der Waals surface area contributed by atoms with E-state index in [1.54, 1.807) is 0 Å². The van der Waals surface area contributed by atoms with E-state index in [9.17, 15) is 0 Å². The standard InChI is InChI=1S/C69H45NO2/c1-4-18-48(19-5-1)69(49-20-6-2-7-21-49,50-22-8-3-9-23-50)51-35-32-46(33-36-51)53-39-41-63(57-26-12-10-24-55(53)57)70(52-37-43-67-62(45-52)60-29-15-17-31-66(60)71-67)64-42-40-54(56-25-11-13-27-58(56)64)47-34-38-61-59-28-14-16-30-65(59)72-68(61)44-47/h1-45H. The van der Waals surface area contributed by atoms with Crippen LogP contribution in [0.4, 0.5) is 17.1 Å². The molecule has 3 heteroatoms. The average Bonchev–Trinajstić information content (AvgIpc) is 4.02. The molecule has 14 rings (SSSR count). The molecule has 0 aliphatic heterocycles.